The van der Waals surface area contributed by atoms with E-state index in [0.717, 1.165) is 5.56 Å². The van der Waals surface area contributed by atoms with Gasteiger partial charge in [0.2, 0.25) is 5.91 Å². The zero-order valence-electron chi connectivity index (χ0n) is 15.3. The monoisotopic (exact) mass is 380 g/mol. The van der Waals surface area contributed by atoms with Crippen molar-refractivity contribution >= 4 is 22.8 Å². The van der Waals surface area contributed by atoms with Gasteiger partial charge < -0.3 is 11.1 Å². The molecule has 1 unspecified atom stereocenters. The number of carbonyl (C=O) groups excluding carboxylic acids is 2. The second kappa shape index (κ2) is 9.03. The maximum atomic E-state index is 13.5. The molecule has 6 nitrogen and oxygen atoms in total. The Labute approximate surface area is 162 Å². The van der Waals surface area contributed by atoms with E-state index in [1.807, 2.05) is 18.2 Å². The molecule has 0 aliphatic rings. The number of nitrogens with one attached hydrogen (secondary N) is 1. The van der Waals surface area contributed by atoms with E-state index < -0.39 is 5.91 Å². The van der Waals surface area contributed by atoms with Gasteiger partial charge in [-0.2, -0.15) is 0 Å². The normalized spacial score (nSPS) is 11.9. The molecule has 1 aromatic heterocycles. The summed E-state index contributed by atoms with van der Waals surface area (Å²) in [4.78, 5) is 32.3. The van der Waals surface area contributed by atoms with Crippen LogP contribution < -0.4 is 11.1 Å². The van der Waals surface area contributed by atoms with Crippen molar-refractivity contribution < 1.29 is 14.0 Å². The van der Waals surface area contributed by atoms with Crippen LogP contribution in [-0.4, -0.2) is 27.8 Å². The van der Waals surface area contributed by atoms with E-state index in [4.69, 9.17) is 5.73 Å². The first-order valence-corrected chi connectivity index (χ1v) is 9.06. The van der Waals surface area contributed by atoms with E-state index in [2.05, 4.69) is 15.3 Å². The van der Waals surface area contributed by atoms with Crippen molar-refractivity contribution in [3.05, 3.63) is 71.8 Å². The summed E-state index contributed by atoms with van der Waals surface area (Å²) >= 11 is 0. The molecule has 0 spiro atoms. The van der Waals surface area contributed by atoms with Crippen LogP contribution in [0.25, 0.3) is 11.0 Å². The van der Waals surface area contributed by atoms with Gasteiger partial charge in [-0.05, 0) is 49.1 Å². The largest absolute Gasteiger partial charge is 0.370 e. The number of nitrogens with two attached hydrogens (primary N) is 1. The molecule has 144 valence electrons. The predicted molar refractivity (Wildman–Crippen MR) is 104 cm³/mol. The number of halogens is 1. The third-order valence-electron chi connectivity index (χ3n) is 4.36. The van der Waals surface area contributed by atoms with E-state index in [-0.39, 0.29) is 29.9 Å². The lowest BCUT2D eigenvalue weighted by Crippen LogP contribution is -2.37. The lowest BCUT2D eigenvalue weighted by molar-refractivity contribution is -0.118. The zero-order valence-corrected chi connectivity index (χ0v) is 15.3. The third kappa shape index (κ3) is 5.33. The summed E-state index contributed by atoms with van der Waals surface area (Å²) < 4.78 is 13.5. The first-order chi connectivity index (χ1) is 13.5. The van der Waals surface area contributed by atoms with Gasteiger partial charge in [-0.3, -0.25) is 14.6 Å². The molecule has 3 N–H and O–H groups in total. The van der Waals surface area contributed by atoms with Gasteiger partial charge in [-0.15, -0.1) is 0 Å². The molecule has 7 heteroatoms. The minimum absolute atomic E-state index is 0.206. The van der Waals surface area contributed by atoms with Crippen molar-refractivity contribution in [2.75, 3.05) is 0 Å². The van der Waals surface area contributed by atoms with Crippen molar-refractivity contribution in [1.29, 1.82) is 0 Å². The number of rotatable bonds is 8. The molecule has 2 amide bonds. The van der Waals surface area contributed by atoms with Crippen LogP contribution in [0.15, 0.2) is 54.7 Å². The Morgan fingerprint density at radius 1 is 1.11 bits per heavy atom. The van der Waals surface area contributed by atoms with Crippen molar-refractivity contribution in [1.82, 2.24) is 15.3 Å². The molecule has 0 fully saturated rings. The Morgan fingerprint density at radius 3 is 2.64 bits per heavy atom. The molecule has 0 saturated carbocycles. The molecule has 3 aromatic rings. The number of carbonyl (C=O) groups is 2. The van der Waals surface area contributed by atoms with Gasteiger partial charge in [0.05, 0.1) is 17.2 Å². The van der Waals surface area contributed by atoms with Crippen molar-refractivity contribution in [2.24, 2.45) is 5.73 Å². The number of hydrogen-bond acceptors (Lipinski definition) is 4. The van der Waals surface area contributed by atoms with E-state index in [0.29, 0.717) is 30.3 Å². The lowest BCUT2D eigenvalue weighted by atomic mass is 10.0. The molecule has 2 aromatic carbocycles. The highest BCUT2D eigenvalue weighted by Gasteiger charge is 2.17. The van der Waals surface area contributed by atoms with Crippen molar-refractivity contribution in [2.45, 2.75) is 31.7 Å². The third-order valence-corrected chi connectivity index (χ3v) is 4.36. The van der Waals surface area contributed by atoms with Gasteiger partial charge in [-0.1, -0.05) is 24.3 Å². The van der Waals surface area contributed by atoms with Crippen molar-refractivity contribution in [3.8, 4) is 0 Å². The summed E-state index contributed by atoms with van der Waals surface area (Å²) in [7, 11) is 0. The van der Waals surface area contributed by atoms with Crippen LogP contribution in [0.4, 0.5) is 4.39 Å². The number of para-hydroxylation sites is 2. The van der Waals surface area contributed by atoms with Crippen LogP contribution in [0, 0.1) is 5.82 Å². The summed E-state index contributed by atoms with van der Waals surface area (Å²) in [6.07, 6.45) is 3.15. The second-order valence-corrected chi connectivity index (χ2v) is 6.61. The molecule has 1 heterocycles. The fourth-order valence-corrected chi connectivity index (χ4v) is 3.02. The number of benzene rings is 2. The van der Waals surface area contributed by atoms with E-state index in [9.17, 15) is 14.0 Å². The highest BCUT2D eigenvalue weighted by atomic mass is 19.1. The molecule has 3 rings (SSSR count). The summed E-state index contributed by atoms with van der Waals surface area (Å²) in [5.41, 5.74) is 7.50. The molecule has 1 atom stereocenters. The summed E-state index contributed by atoms with van der Waals surface area (Å²) in [5, 5.41) is 2.92. The summed E-state index contributed by atoms with van der Waals surface area (Å²) in [6, 6.07) is 13.2. The van der Waals surface area contributed by atoms with Crippen LogP contribution in [0.2, 0.25) is 0 Å². The number of nitrogens with zero attached hydrogens (tertiary/aromatic N) is 2. The van der Waals surface area contributed by atoms with Crippen molar-refractivity contribution in [3.63, 3.8) is 0 Å². The molecule has 0 radical (unpaired) electrons. The Morgan fingerprint density at radius 2 is 1.89 bits per heavy atom. The van der Waals surface area contributed by atoms with Crippen LogP contribution in [-0.2, 0) is 11.2 Å². The van der Waals surface area contributed by atoms with Gasteiger partial charge in [0.1, 0.15) is 11.5 Å². The number of aromatic nitrogens is 2. The number of fused-ring (bicyclic) bond motifs is 1. The highest BCUT2D eigenvalue weighted by Crippen LogP contribution is 2.13. The Balaban J connectivity index is 1.74. The molecular formula is C21H21FN4O2. The van der Waals surface area contributed by atoms with E-state index in [1.54, 1.807) is 18.2 Å². The predicted octanol–water partition coefficient (Wildman–Crippen LogP) is 2.77. The van der Waals surface area contributed by atoms with Crippen LogP contribution in [0.3, 0.4) is 0 Å². The zero-order chi connectivity index (χ0) is 19.9. The first kappa shape index (κ1) is 19.4. The second-order valence-electron chi connectivity index (χ2n) is 6.61. The summed E-state index contributed by atoms with van der Waals surface area (Å²) in [5.74, 6) is -1.09. The van der Waals surface area contributed by atoms with Gasteiger partial charge in [-0.25, -0.2) is 9.37 Å². The standard InChI is InChI=1S/C21H21FN4O2/c22-15-6-3-5-14(11-15)12-16(7-4-10-20(23)27)25-21(28)19-13-24-17-8-1-2-9-18(17)26-19/h1-3,5-6,8-9,11,13,16H,4,7,10,12H2,(H2,23,27)(H,25,28). The number of primary amides is 1. The topological polar surface area (TPSA) is 98.0 Å². The van der Waals surface area contributed by atoms with Gasteiger partial charge in [0.15, 0.2) is 0 Å². The smallest absolute Gasteiger partial charge is 0.271 e. The molecule has 0 aliphatic heterocycles. The Kier molecular flexibility index (Phi) is 6.26. The van der Waals surface area contributed by atoms with E-state index in [1.165, 1.54) is 18.3 Å². The highest BCUT2D eigenvalue weighted by molar-refractivity contribution is 5.93. The number of hydrogen-bond donors (Lipinski definition) is 2. The molecular weight excluding hydrogens is 359 g/mol. The minimum atomic E-state index is -0.392. The van der Waals surface area contributed by atoms with Crippen LogP contribution in [0.1, 0.15) is 35.3 Å². The van der Waals surface area contributed by atoms with E-state index >= 15 is 0 Å². The van der Waals surface area contributed by atoms with Gasteiger partial charge in [0, 0.05) is 12.5 Å². The summed E-state index contributed by atoms with van der Waals surface area (Å²) in [6.45, 7) is 0. The van der Waals surface area contributed by atoms with Gasteiger partial charge in [0.25, 0.3) is 5.91 Å². The van der Waals surface area contributed by atoms with Crippen LogP contribution in [0.5, 0.6) is 0 Å². The minimum Gasteiger partial charge on any atom is -0.370 e. The first-order valence-electron chi connectivity index (χ1n) is 9.06. The molecule has 0 bridgehead atoms. The molecule has 0 saturated heterocycles. The molecule has 0 aliphatic carbocycles. The fourth-order valence-electron chi connectivity index (χ4n) is 3.02. The lowest BCUT2D eigenvalue weighted by Gasteiger charge is -2.18. The Bertz CT molecular complexity index is 993. The molecule has 28 heavy (non-hydrogen) atoms. The fraction of sp³-hybridized carbons (Fsp3) is 0.238. The SMILES string of the molecule is NC(=O)CCCC(Cc1cccc(F)c1)NC(=O)c1cnc2ccccc2n1. The maximum absolute atomic E-state index is 13.5. The van der Waals surface area contributed by atoms with Gasteiger partial charge >= 0.3 is 0 Å². The quantitative estimate of drug-likeness (QED) is 0.628. The van der Waals surface area contributed by atoms with Crippen LogP contribution >= 0.6 is 0 Å². The maximum Gasteiger partial charge on any atom is 0.271 e. The number of amides is 2. The Hall–Kier alpha value is -3.35. The average Bonchev–Trinajstić information content (AvgIpc) is 2.67. The average molecular weight is 380 g/mol.